The van der Waals surface area contributed by atoms with Crippen LogP contribution in [0.2, 0.25) is 5.02 Å². The average Bonchev–Trinajstić information content (AvgIpc) is 2.54. The van der Waals surface area contributed by atoms with Crippen LogP contribution in [0.25, 0.3) is 0 Å². The van der Waals surface area contributed by atoms with Crippen LogP contribution < -0.4 is 5.56 Å². The zero-order valence-corrected chi connectivity index (χ0v) is 15.4. The number of alkyl halides is 3. The van der Waals surface area contributed by atoms with Crippen molar-refractivity contribution >= 4 is 21.6 Å². The van der Waals surface area contributed by atoms with Gasteiger partial charge in [-0.3, -0.25) is 4.79 Å². The number of aromatic nitrogens is 1. The summed E-state index contributed by atoms with van der Waals surface area (Å²) in [5, 5.41) is 0.235. The Morgan fingerprint density at radius 3 is 2.19 bits per heavy atom. The number of benzene rings is 1. The number of hydrogen-bond donors (Lipinski definition) is 0. The SMILES string of the molecule is CCN([C@H](c1ccc(Cl)cc1)C(F)(F)F)S(=O)(=O)c1ccc(=O)n(C)c1. The molecule has 1 aromatic carbocycles. The van der Waals surface area contributed by atoms with Crippen molar-refractivity contribution < 1.29 is 21.6 Å². The van der Waals surface area contributed by atoms with E-state index in [1.54, 1.807) is 0 Å². The molecule has 10 heteroatoms. The molecular formula is C16H16ClF3N2O3S. The van der Waals surface area contributed by atoms with E-state index >= 15 is 0 Å². The van der Waals surface area contributed by atoms with Crippen LogP contribution in [-0.4, -0.2) is 30.0 Å². The molecule has 0 aliphatic carbocycles. The fraction of sp³-hybridized carbons (Fsp3) is 0.312. The van der Waals surface area contributed by atoms with Crippen molar-refractivity contribution in [2.75, 3.05) is 6.54 Å². The van der Waals surface area contributed by atoms with E-state index in [1.165, 1.54) is 26.1 Å². The second-order valence-electron chi connectivity index (χ2n) is 5.52. The Kier molecular flexibility index (Phi) is 5.84. The van der Waals surface area contributed by atoms with Gasteiger partial charge in [-0.25, -0.2) is 8.42 Å². The highest BCUT2D eigenvalue weighted by molar-refractivity contribution is 7.89. The Bertz CT molecular complexity index is 940. The summed E-state index contributed by atoms with van der Waals surface area (Å²) < 4.78 is 68.2. The third-order valence-electron chi connectivity index (χ3n) is 3.76. The van der Waals surface area contributed by atoms with Crippen LogP contribution >= 0.6 is 11.6 Å². The fourth-order valence-corrected chi connectivity index (χ4v) is 4.30. The van der Waals surface area contributed by atoms with Crippen molar-refractivity contribution in [2.45, 2.75) is 24.0 Å². The van der Waals surface area contributed by atoms with E-state index in [4.69, 9.17) is 11.6 Å². The summed E-state index contributed by atoms with van der Waals surface area (Å²) >= 11 is 5.72. The van der Waals surface area contributed by atoms with Crippen LogP contribution in [0.3, 0.4) is 0 Å². The number of halogens is 4. The van der Waals surface area contributed by atoms with E-state index in [9.17, 15) is 26.4 Å². The molecule has 0 N–H and O–H groups in total. The minimum atomic E-state index is -4.85. The van der Waals surface area contributed by atoms with E-state index in [0.717, 1.165) is 35.0 Å². The molecule has 5 nitrogen and oxygen atoms in total. The van der Waals surface area contributed by atoms with E-state index in [0.29, 0.717) is 4.31 Å². The Morgan fingerprint density at radius 1 is 1.15 bits per heavy atom. The standard InChI is InChI=1S/C16H16ClF3N2O3S/c1-3-22(26(24,25)13-8-9-14(23)21(2)10-13)15(16(18,19)20)11-4-6-12(17)7-5-11/h4-10,15H,3H2,1-2H3/t15-/m1/s1. The maximum absolute atomic E-state index is 13.7. The number of sulfonamides is 1. The second-order valence-corrected chi connectivity index (χ2v) is 7.85. The first-order valence-corrected chi connectivity index (χ1v) is 9.31. The van der Waals surface area contributed by atoms with Gasteiger partial charge in [-0.05, 0) is 23.8 Å². The molecule has 0 unspecified atom stereocenters. The Balaban J connectivity index is 2.61. The lowest BCUT2D eigenvalue weighted by Crippen LogP contribution is -2.42. The van der Waals surface area contributed by atoms with Gasteiger partial charge in [-0.2, -0.15) is 17.5 Å². The smallest absolute Gasteiger partial charge is 0.317 e. The number of hydrogen-bond acceptors (Lipinski definition) is 3. The number of pyridine rings is 1. The third-order valence-corrected chi connectivity index (χ3v) is 5.94. The average molecular weight is 409 g/mol. The van der Waals surface area contributed by atoms with Gasteiger partial charge in [0.05, 0.1) is 4.90 Å². The maximum atomic E-state index is 13.7. The summed E-state index contributed by atoms with van der Waals surface area (Å²) in [4.78, 5) is 11.0. The van der Waals surface area contributed by atoms with Gasteiger partial charge in [0.25, 0.3) is 0 Å². The van der Waals surface area contributed by atoms with E-state index in [1.807, 2.05) is 0 Å². The van der Waals surface area contributed by atoms with Crippen molar-refractivity contribution in [2.24, 2.45) is 7.05 Å². The molecule has 0 saturated carbocycles. The molecule has 1 aromatic heterocycles. The summed E-state index contributed by atoms with van der Waals surface area (Å²) in [5.74, 6) is 0. The van der Waals surface area contributed by atoms with Gasteiger partial charge in [-0.15, -0.1) is 0 Å². The monoisotopic (exact) mass is 408 g/mol. The van der Waals surface area contributed by atoms with Gasteiger partial charge >= 0.3 is 6.18 Å². The van der Waals surface area contributed by atoms with Crippen LogP contribution in [0.5, 0.6) is 0 Å². The normalized spacial score (nSPS) is 13.8. The van der Waals surface area contributed by atoms with Gasteiger partial charge < -0.3 is 4.57 Å². The predicted molar refractivity (Wildman–Crippen MR) is 91.5 cm³/mol. The lowest BCUT2D eigenvalue weighted by atomic mass is 10.1. The lowest BCUT2D eigenvalue weighted by molar-refractivity contribution is -0.173. The molecule has 142 valence electrons. The second kappa shape index (κ2) is 7.42. The van der Waals surface area contributed by atoms with Crippen LogP contribution in [0.15, 0.2) is 52.3 Å². The molecule has 26 heavy (non-hydrogen) atoms. The molecule has 0 aliphatic rings. The zero-order chi connectivity index (χ0) is 19.7. The molecule has 0 saturated heterocycles. The number of rotatable bonds is 5. The summed E-state index contributed by atoms with van der Waals surface area (Å²) in [6.45, 7) is 0.895. The first kappa shape index (κ1) is 20.5. The first-order valence-electron chi connectivity index (χ1n) is 7.49. The predicted octanol–water partition coefficient (Wildman–Crippen LogP) is 3.35. The maximum Gasteiger partial charge on any atom is 0.409 e. The zero-order valence-electron chi connectivity index (χ0n) is 13.9. The van der Waals surface area contributed by atoms with Crippen LogP contribution in [-0.2, 0) is 17.1 Å². The minimum Gasteiger partial charge on any atom is -0.317 e. The van der Waals surface area contributed by atoms with Gasteiger partial charge in [0.1, 0.15) is 6.04 Å². The Hall–Kier alpha value is -1.84. The molecule has 1 atom stereocenters. The van der Waals surface area contributed by atoms with E-state index in [-0.39, 0.29) is 10.6 Å². The number of nitrogens with zero attached hydrogens (tertiary/aromatic N) is 2. The molecule has 2 aromatic rings. The third kappa shape index (κ3) is 4.11. The summed E-state index contributed by atoms with van der Waals surface area (Å²) in [5.41, 5.74) is -0.728. The van der Waals surface area contributed by atoms with Gasteiger partial charge in [-0.1, -0.05) is 30.7 Å². The van der Waals surface area contributed by atoms with Crippen molar-refractivity contribution in [1.82, 2.24) is 8.87 Å². The van der Waals surface area contributed by atoms with Gasteiger partial charge in [0.15, 0.2) is 0 Å². The number of aryl methyl sites for hydroxylation is 1. The van der Waals surface area contributed by atoms with Crippen LogP contribution in [0, 0.1) is 0 Å². The molecule has 0 spiro atoms. The Labute approximate surface area is 153 Å². The highest BCUT2D eigenvalue weighted by Crippen LogP contribution is 2.40. The first-order chi connectivity index (χ1) is 12.0. The largest absolute Gasteiger partial charge is 0.409 e. The molecule has 0 radical (unpaired) electrons. The van der Waals surface area contributed by atoms with Gasteiger partial charge in [0, 0.05) is 30.9 Å². The van der Waals surface area contributed by atoms with Crippen molar-refractivity contribution in [1.29, 1.82) is 0 Å². The Morgan fingerprint density at radius 2 is 1.73 bits per heavy atom. The summed E-state index contributed by atoms with van der Waals surface area (Å²) in [7, 11) is -3.19. The van der Waals surface area contributed by atoms with Crippen LogP contribution in [0.1, 0.15) is 18.5 Å². The quantitative estimate of drug-likeness (QED) is 0.762. The topological polar surface area (TPSA) is 59.4 Å². The van der Waals surface area contributed by atoms with E-state index in [2.05, 4.69) is 0 Å². The molecule has 0 fully saturated rings. The lowest BCUT2D eigenvalue weighted by Gasteiger charge is -2.31. The molecular weight excluding hydrogens is 393 g/mol. The highest BCUT2D eigenvalue weighted by Gasteiger charge is 2.48. The molecule has 0 bridgehead atoms. The van der Waals surface area contributed by atoms with E-state index < -0.39 is 39.2 Å². The van der Waals surface area contributed by atoms with Crippen molar-refractivity contribution in [3.63, 3.8) is 0 Å². The fourth-order valence-electron chi connectivity index (χ4n) is 2.51. The molecule has 0 aliphatic heterocycles. The molecule has 1 heterocycles. The van der Waals surface area contributed by atoms with Crippen molar-refractivity contribution in [3.8, 4) is 0 Å². The van der Waals surface area contributed by atoms with Gasteiger partial charge in [0.2, 0.25) is 15.6 Å². The van der Waals surface area contributed by atoms with Crippen molar-refractivity contribution in [3.05, 3.63) is 63.5 Å². The minimum absolute atomic E-state index is 0.235. The molecule has 2 rings (SSSR count). The summed E-state index contributed by atoms with van der Waals surface area (Å²) in [6.07, 6.45) is -3.85. The van der Waals surface area contributed by atoms with Crippen LogP contribution in [0.4, 0.5) is 13.2 Å². The molecule has 0 amide bonds. The highest BCUT2D eigenvalue weighted by atomic mass is 35.5. The summed E-state index contributed by atoms with van der Waals surface area (Å²) in [6, 6.07) is 4.41.